The predicted octanol–water partition coefficient (Wildman–Crippen LogP) is 3.04. The molecule has 26 heavy (non-hydrogen) atoms. The van der Waals surface area contributed by atoms with Crippen LogP contribution in [-0.2, 0) is 16.1 Å². The number of hydrogen-bond donors (Lipinski definition) is 1. The van der Waals surface area contributed by atoms with Crippen LogP contribution < -0.4 is 10.1 Å². The quantitative estimate of drug-likeness (QED) is 0.646. The van der Waals surface area contributed by atoms with Crippen molar-refractivity contribution >= 4 is 17.2 Å². The Kier molecular flexibility index (Phi) is 7.42. The van der Waals surface area contributed by atoms with E-state index >= 15 is 0 Å². The number of thiazole rings is 1. The fourth-order valence-corrected chi connectivity index (χ4v) is 3.18. The summed E-state index contributed by atoms with van der Waals surface area (Å²) in [5, 5.41) is 4.85. The molecule has 2 heterocycles. The molecule has 0 bridgehead atoms. The number of hydrogen-bond acceptors (Lipinski definition) is 6. The van der Waals surface area contributed by atoms with Crippen molar-refractivity contribution in [2.45, 2.75) is 32.0 Å². The van der Waals surface area contributed by atoms with Crippen LogP contribution in [0.2, 0.25) is 0 Å². The second-order valence-corrected chi connectivity index (χ2v) is 6.83. The van der Waals surface area contributed by atoms with Gasteiger partial charge in [-0.05, 0) is 43.5 Å². The van der Waals surface area contributed by atoms with Crippen molar-refractivity contribution in [3.63, 3.8) is 0 Å². The largest absolute Gasteiger partial charge is 0.487 e. The fraction of sp³-hybridized carbons (Fsp3) is 0.474. The molecule has 0 saturated carbocycles. The summed E-state index contributed by atoms with van der Waals surface area (Å²) in [4.78, 5) is 16.3. The smallest absolute Gasteiger partial charge is 0.251 e. The number of aromatic nitrogens is 1. The number of carbonyl (C=O) groups excluding carboxylic acids is 1. The Morgan fingerprint density at radius 2 is 2.23 bits per heavy atom. The average Bonchev–Trinajstić information content (AvgIpc) is 3.37. The molecule has 0 aliphatic carbocycles. The van der Waals surface area contributed by atoms with Gasteiger partial charge in [0.2, 0.25) is 0 Å². The molecule has 1 fully saturated rings. The highest BCUT2D eigenvalue weighted by Crippen LogP contribution is 2.14. The van der Waals surface area contributed by atoms with Crippen LogP contribution in [0.25, 0.3) is 0 Å². The molecule has 0 radical (unpaired) electrons. The van der Waals surface area contributed by atoms with Gasteiger partial charge >= 0.3 is 0 Å². The van der Waals surface area contributed by atoms with Crippen LogP contribution in [0.4, 0.5) is 0 Å². The van der Waals surface area contributed by atoms with E-state index in [9.17, 15) is 4.79 Å². The van der Waals surface area contributed by atoms with E-state index in [1.807, 2.05) is 5.38 Å². The van der Waals surface area contributed by atoms with Gasteiger partial charge in [0.15, 0.2) is 0 Å². The Balaban J connectivity index is 1.30. The molecule has 140 valence electrons. The molecule has 1 N–H and O–H groups in total. The van der Waals surface area contributed by atoms with Crippen LogP contribution in [0, 0.1) is 0 Å². The van der Waals surface area contributed by atoms with Crippen LogP contribution >= 0.6 is 11.3 Å². The Labute approximate surface area is 157 Å². The van der Waals surface area contributed by atoms with E-state index in [-0.39, 0.29) is 12.0 Å². The monoisotopic (exact) mass is 376 g/mol. The first-order chi connectivity index (χ1) is 12.8. The first-order valence-electron chi connectivity index (χ1n) is 8.89. The van der Waals surface area contributed by atoms with E-state index in [1.54, 1.807) is 41.1 Å². The molecule has 1 aromatic heterocycles. The van der Waals surface area contributed by atoms with Gasteiger partial charge in [-0.25, -0.2) is 4.98 Å². The lowest BCUT2D eigenvalue weighted by molar-refractivity contribution is 0.0166. The molecule has 1 unspecified atom stereocenters. The zero-order valence-electron chi connectivity index (χ0n) is 14.7. The molecule has 1 amide bonds. The van der Waals surface area contributed by atoms with Crippen LogP contribution in [0.3, 0.4) is 0 Å². The van der Waals surface area contributed by atoms with Gasteiger partial charge in [-0.1, -0.05) is 0 Å². The van der Waals surface area contributed by atoms with Gasteiger partial charge in [0.25, 0.3) is 5.91 Å². The van der Waals surface area contributed by atoms with E-state index in [2.05, 4.69) is 10.3 Å². The van der Waals surface area contributed by atoms with Crippen LogP contribution in [-0.4, -0.2) is 43.4 Å². The Hall–Kier alpha value is -1.96. The third-order valence-corrected chi connectivity index (χ3v) is 4.70. The molecular formula is C19H24N2O4S. The van der Waals surface area contributed by atoms with Crippen molar-refractivity contribution in [3.05, 3.63) is 46.4 Å². The SMILES string of the molecule is O=C(NCCCOCC1CCCO1)c1ccc(OCc2cscn2)cc1. The van der Waals surface area contributed by atoms with E-state index in [0.29, 0.717) is 31.9 Å². The Morgan fingerprint density at radius 3 is 2.96 bits per heavy atom. The molecule has 1 atom stereocenters. The van der Waals surface area contributed by atoms with Gasteiger partial charge in [-0.3, -0.25) is 4.79 Å². The molecular weight excluding hydrogens is 352 g/mol. The number of nitrogens with zero attached hydrogens (tertiary/aromatic N) is 1. The lowest BCUT2D eigenvalue weighted by Crippen LogP contribution is -2.25. The minimum atomic E-state index is -0.0878. The topological polar surface area (TPSA) is 69.7 Å². The van der Waals surface area contributed by atoms with E-state index in [1.165, 1.54) is 0 Å². The summed E-state index contributed by atoms with van der Waals surface area (Å²) in [6.45, 7) is 3.14. The summed E-state index contributed by atoms with van der Waals surface area (Å²) in [7, 11) is 0. The summed E-state index contributed by atoms with van der Waals surface area (Å²) in [6, 6.07) is 7.12. The van der Waals surface area contributed by atoms with Crippen LogP contribution in [0.5, 0.6) is 5.75 Å². The zero-order valence-corrected chi connectivity index (χ0v) is 15.5. The number of benzene rings is 1. The Morgan fingerprint density at radius 1 is 1.35 bits per heavy atom. The number of rotatable bonds is 10. The average molecular weight is 376 g/mol. The summed E-state index contributed by atoms with van der Waals surface area (Å²) < 4.78 is 16.7. The lowest BCUT2D eigenvalue weighted by atomic mass is 10.2. The molecule has 2 aromatic rings. The van der Waals surface area contributed by atoms with Gasteiger partial charge in [-0.2, -0.15) is 0 Å². The molecule has 1 saturated heterocycles. The van der Waals surface area contributed by atoms with Crippen molar-refractivity contribution in [3.8, 4) is 5.75 Å². The van der Waals surface area contributed by atoms with E-state index in [0.717, 1.165) is 37.3 Å². The summed E-state index contributed by atoms with van der Waals surface area (Å²) in [6.07, 6.45) is 3.24. The van der Waals surface area contributed by atoms with Gasteiger partial charge in [-0.15, -0.1) is 11.3 Å². The van der Waals surface area contributed by atoms with Gasteiger partial charge in [0.1, 0.15) is 12.4 Å². The predicted molar refractivity (Wildman–Crippen MR) is 99.6 cm³/mol. The van der Waals surface area contributed by atoms with Gasteiger partial charge in [0, 0.05) is 30.7 Å². The highest BCUT2D eigenvalue weighted by molar-refractivity contribution is 7.07. The maximum atomic E-state index is 12.1. The molecule has 7 heteroatoms. The van der Waals surface area contributed by atoms with Crippen molar-refractivity contribution in [1.82, 2.24) is 10.3 Å². The maximum Gasteiger partial charge on any atom is 0.251 e. The third-order valence-electron chi connectivity index (χ3n) is 4.07. The standard InChI is InChI=1S/C19H24N2O4S/c22-19(20-8-2-9-23-12-18-3-1-10-24-18)15-4-6-17(7-5-15)25-11-16-13-26-14-21-16/h4-7,13-14,18H,1-3,8-12H2,(H,20,22). The van der Waals surface area contributed by atoms with Crippen molar-refractivity contribution < 1.29 is 19.0 Å². The molecule has 1 aliphatic heterocycles. The van der Waals surface area contributed by atoms with Crippen LogP contribution in [0.1, 0.15) is 35.3 Å². The first kappa shape index (κ1) is 18.8. The molecule has 6 nitrogen and oxygen atoms in total. The number of carbonyl (C=O) groups is 1. The first-order valence-corrected chi connectivity index (χ1v) is 9.83. The molecule has 1 aromatic carbocycles. The minimum absolute atomic E-state index is 0.0878. The summed E-state index contributed by atoms with van der Waals surface area (Å²) >= 11 is 1.54. The van der Waals surface area contributed by atoms with Crippen molar-refractivity contribution in [1.29, 1.82) is 0 Å². The number of amides is 1. The van der Waals surface area contributed by atoms with Gasteiger partial charge < -0.3 is 19.5 Å². The van der Waals surface area contributed by atoms with Crippen molar-refractivity contribution in [2.24, 2.45) is 0 Å². The van der Waals surface area contributed by atoms with E-state index < -0.39 is 0 Å². The lowest BCUT2D eigenvalue weighted by Gasteiger charge is -2.10. The van der Waals surface area contributed by atoms with Crippen molar-refractivity contribution in [2.75, 3.05) is 26.4 Å². The zero-order chi connectivity index (χ0) is 18.0. The summed E-state index contributed by atoms with van der Waals surface area (Å²) in [5.41, 5.74) is 3.30. The van der Waals surface area contributed by atoms with Gasteiger partial charge in [0.05, 0.1) is 23.9 Å². The Bertz CT molecular complexity index is 655. The van der Waals surface area contributed by atoms with E-state index in [4.69, 9.17) is 14.2 Å². The minimum Gasteiger partial charge on any atom is -0.487 e. The summed E-state index contributed by atoms with van der Waals surface area (Å²) in [5.74, 6) is 0.632. The normalized spacial score (nSPS) is 16.5. The maximum absolute atomic E-state index is 12.1. The fourth-order valence-electron chi connectivity index (χ4n) is 2.64. The molecule has 1 aliphatic rings. The highest BCUT2D eigenvalue weighted by atomic mass is 32.1. The second kappa shape index (κ2) is 10.3. The molecule has 0 spiro atoms. The van der Waals surface area contributed by atoms with Crippen LogP contribution in [0.15, 0.2) is 35.2 Å². The third kappa shape index (κ3) is 6.09. The highest BCUT2D eigenvalue weighted by Gasteiger charge is 2.15. The number of nitrogens with one attached hydrogen (secondary N) is 1. The molecule has 3 rings (SSSR count). The number of ether oxygens (including phenoxy) is 3. The second-order valence-electron chi connectivity index (χ2n) is 6.11.